The lowest BCUT2D eigenvalue weighted by atomic mass is 10.1. The molecule has 0 unspecified atom stereocenters. The van der Waals surface area contributed by atoms with Gasteiger partial charge in [-0.25, -0.2) is 8.42 Å². The van der Waals surface area contributed by atoms with E-state index in [0.717, 1.165) is 41.1 Å². The zero-order valence-electron chi connectivity index (χ0n) is 18.2. The van der Waals surface area contributed by atoms with E-state index < -0.39 is 33.7 Å². The first-order valence-electron chi connectivity index (χ1n) is 10.3. The number of thioether (sulfide) groups is 1. The summed E-state index contributed by atoms with van der Waals surface area (Å²) in [5.41, 5.74) is 1.64. The van der Waals surface area contributed by atoms with Gasteiger partial charge in [0.05, 0.1) is 45.6 Å². The maximum Gasteiger partial charge on any atom is 0.416 e. The zero-order chi connectivity index (χ0) is 24.8. The smallest absolute Gasteiger partial charge is 0.325 e. The highest BCUT2D eigenvalue weighted by atomic mass is 35.5. The monoisotopic (exact) mass is 531 g/mol. The second-order valence-electron chi connectivity index (χ2n) is 8.31. The van der Waals surface area contributed by atoms with Gasteiger partial charge in [0.15, 0.2) is 15.0 Å². The van der Waals surface area contributed by atoms with Crippen molar-refractivity contribution in [3.63, 3.8) is 0 Å². The summed E-state index contributed by atoms with van der Waals surface area (Å²) in [5.74, 6) is -0.845. The van der Waals surface area contributed by atoms with Crippen LogP contribution in [0.4, 0.5) is 24.5 Å². The van der Waals surface area contributed by atoms with Gasteiger partial charge in [0.25, 0.3) is 0 Å². The standard InChI is InChI=1S/C22H21ClF3N3O3S2/c1-12-3-4-13(2)16(7-12)27-20(30)9-33-21-28-17-10-34(31,32)11-19(17)29(21)18-8-14(22(24,25)26)5-6-15(18)23/h3-8,17,19H,9-11H2,1-2H3,(H,27,30)/t17-,19-/m1/s1. The number of anilines is 2. The summed E-state index contributed by atoms with van der Waals surface area (Å²) in [5, 5.41) is 3.13. The number of alkyl halides is 3. The molecule has 4 rings (SSSR count). The summed E-state index contributed by atoms with van der Waals surface area (Å²) in [6, 6.07) is 7.22. The molecule has 0 spiro atoms. The fourth-order valence-corrected chi connectivity index (χ4v) is 6.94. The summed E-state index contributed by atoms with van der Waals surface area (Å²) in [4.78, 5) is 18.5. The largest absolute Gasteiger partial charge is 0.416 e. The average Bonchev–Trinajstić information content (AvgIpc) is 3.20. The summed E-state index contributed by atoms with van der Waals surface area (Å²) in [7, 11) is -3.40. The second kappa shape index (κ2) is 9.09. The number of hydrogen-bond acceptors (Lipinski definition) is 6. The van der Waals surface area contributed by atoms with Crippen LogP contribution >= 0.6 is 23.4 Å². The van der Waals surface area contributed by atoms with Crippen molar-refractivity contribution in [3.05, 3.63) is 58.1 Å². The molecule has 2 aliphatic rings. The van der Waals surface area contributed by atoms with Crippen LogP contribution in [0.1, 0.15) is 16.7 Å². The lowest BCUT2D eigenvalue weighted by Gasteiger charge is -2.28. The highest BCUT2D eigenvalue weighted by Crippen LogP contribution is 2.41. The molecule has 12 heteroatoms. The fraction of sp³-hybridized carbons (Fsp3) is 0.364. The number of fused-ring (bicyclic) bond motifs is 1. The van der Waals surface area contributed by atoms with E-state index in [2.05, 4.69) is 10.3 Å². The van der Waals surface area contributed by atoms with Crippen LogP contribution in [0.3, 0.4) is 0 Å². The predicted molar refractivity (Wildman–Crippen MR) is 130 cm³/mol. The first-order valence-corrected chi connectivity index (χ1v) is 13.5. The van der Waals surface area contributed by atoms with Crippen molar-refractivity contribution in [1.29, 1.82) is 0 Å². The Morgan fingerprint density at radius 3 is 2.65 bits per heavy atom. The van der Waals surface area contributed by atoms with Gasteiger partial charge in [-0.2, -0.15) is 13.2 Å². The van der Waals surface area contributed by atoms with E-state index in [0.29, 0.717) is 5.69 Å². The maximum atomic E-state index is 13.4. The Kier molecular flexibility index (Phi) is 6.65. The second-order valence-corrected chi connectivity index (χ2v) is 11.8. The molecule has 0 saturated carbocycles. The van der Waals surface area contributed by atoms with Crippen LogP contribution in [0, 0.1) is 13.8 Å². The molecular weight excluding hydrogens is 511 g/mol. The minimum atomic E-state index is -4.60. The van der Waals surface area contributed by atoms with Gasteiger partial charge in [-0.05, 0) is 49.2 Å². The van der Waals surface area contributed by atoms with Crippen LogP contribution in [0.2, 0.25) is 5.02 Å². The number of nitrogens with one attached hydrogen (secondary N) is 1. The Hall–Kier alpha value is -2.24. The van der Waals surface area contributed by atoms with Crippen molar-refractivity contribution in [2.75, 3.05) is 27.5 Å². The third-order valence-electron chi connectivity index (χ3n) is 5.64. The molecule has 1 amide bonds. The molecule has 182 valence electrons. The van der Waals surface area contributed by atoms with Crippen LogP contribution < -0.4 is 10.2 Å². The number of nitrogens with zero attached hydrogens (tertiary/aromatic N) is 2. The van der Waals surface area contributed by atoms with Gasteiger partial charge in [-0.15, -0.1) is 0 Å². The Balaban J connectivity index is 1.60. The van der Waals surface area contributed by atoms with E-state index in [1.54, 1.807) is 0 Å². The number of amidine groups is 1. The molecule has 1 fully saturated rings. The number of sulfone groups is 1. The van der Waals surface area contributed by atoms with Crippen molar-refractivity contribution in [1.82, 2.24) is 0 Å². The SMILES string of the molecule is Cc1ccc(C)c(NC(=O)CSC2=N[C@@H]3CS(=O)(=O)C[C@H]3N2c2cc(C(F)(F)F)ccc2Cl)c1. The van der Waals surface area contributed by atoms with Gasteiger partial charge < -0.3 is 10.2 Å². The number of carbonyl (C=O) groups excluding carboxylic acids is 1. The first-order chi connectivity index (χ1) is 15.8. The molecule has 0 radical (unpaired) electrons. The van der Waals surface area contributed by atoms with Gasteiger partial charge in [0.2, 0.25) is 5.91 Å². The summed E-state index contributed by atoms with van der Waals surface area (Å²) < 4.78 is 64.4. The molecule has 2 heterocycles. The van der Waals surface area contributed by atoms with Gasteiger partial charge in [0, 0.05) is 5.69 Å². The molecule has 1 N–H and O–H groups in total. The quantitative estimate of drug-likeness (QED) is 0.619. The lowest BCUT2D eigenvalue weighted by molar-refractivity contribution is -0.137. The molecule has 34 heavy (non-hydrogen) atoms. The van der Waals surface area contributed by atoms with Crippen LogP contribution in [0.15, 0.2) is 41.4 Å². The highest BCUT2D eigenvalue weighted by molar-refractivity contribution is 8.14. The molecule has 2 atom stereocenters. The molecule has 6 nitrogen and oxygen atoms in total. The minimum Gasteiger partial charge on any atom is -0.325 e. The van der Waals surface area contributed by atoms with E-state index in [1.165, 1.54) is 4.90 Å². The van der Waals surface area contributed by atoms with Crippen LogP contribution in [-0.4, -0.2) is 48.8 Å². The Labute approximate surface area is 204 Å². The molecular formula is C22H21ClF3N3O3S2. The van der Waals surface area contributed by atoms with Crippen molar-refractivity contribution in [3.8, 4) is 0 Å². The first kappa shape index (κ1) is 24.9. The number of halogens is 4. The topological polar surface area (TPSA) is 78.8 Å². The molecule has 0 bridgehead atoms. The third-order valence-corrected chi connectivity index (χ3v) is 8.63. The Bertz CT molecular complexity index is 1280. The number of amides is 1. The fourth-order valence-electron chi connectivity index (χ4n) is 3.98. The lowest BCUT2D eigenvalue weighted by Crippen LogP contribution is -2.39. The summed E-state index contributed by atoms with van der Waals surface area (Å²) in [6.07, 6.45) is -4.60. The third kappa shape index (κ3) is 5.21. The molecule has 0 aromatic heterocycles. The van der Waals surface area contributed by atoms with E-state index >= 15 is 0 Å². The highest BCUT2D eigenvalue weighted by Gasteiger charge is 2.48. The minimum absolute atomic E-state index is 0.0160. The van der Waals surface area contributed by atoms with E-state index in [9.17, 15) is 26.4 Å². The summed E-state index contributed by atoms with van der Waals surface area (Å²) >= 11 is 7.29. The van der Waals surface area contributed by atoms with E-state index in [4.69, 9.17) is 11.6 Å². The molecule has 2 aromatic rings. The van der Waals surface area contributed by atoms with E-state index in [-0.39, 0.29) is 39.0 Å². The van der Waals surface area contributed by atoms with Gasteiger partial charge >= 0.3 is 6.18 Å². The number of rotatable bonds is 4. The normalized spacial score (nSPS) is 21.4. The Morgan fingerprint density at radius 2 is 1.94 bits per heavy atom. The number of benzene rings is 2. The van der Waals surface area contributed by atoms with Crippen molar-refractivity contribution >= 4 is 55.6 Å². The number of hydrogen-bond donors (Lipinski definition) is 1. The molecule has 2 aliphatic heterocycles. The number of carbonyl (C=O) groups is 1. The zero-order valence-corrected chi connectivity index (χ0v) is 20.6. The number of aryl methyl sites for hydroxylation is 2. The summed E-state index contributed by atoms with van der Waals surface area (Å²) in [6.45, 7) is 3.77. The van der Waals surface area contributed by atoms with E-state index in [1.807, 2.05) is 32.0 Å². The van der Waals surface area contributed by atoms with Crippen molar-refractivity contribution in [2.45, 2.75) is 32.1 Å². The number of aliphatic imine (C=N–C) groups is 1. The van der Waals surface area contributed by atoms with Crippen LogP contribution in [-0.2, 0) is 20.8 Å². The van der Waals surface area contributed by atoms with Crippen LogP contribution in [0.25, 0.3) is 0 Å². The molecule has 1 saturated heterocycles. The van der Waals surface area contributed by atoms with Crippen molar-refractivity contribution in [2.24, 2.45) is 4.99 Å². The van der Waals surface area contributed by atoms with Crippen molar-refractivity contribution < 1.29 is 26.4 Å². The van der Waals surface area contributed by atoms with Crippen LogP contribution in [0.5, 0.6) is 0 Å². The molecule has 2 aromatic carbocycles. The van der Waals surface area contributed by atoms with Gasteiger partial charge in [0.1, 0.15) is 0 Å². The Morgan fingerprint density at radius 1 is 1.21 bits per heavy atom. The molecule has 0 aliphatic carbocycles. The van der Waals surface area contributed by atoms with Gasteiger partial charge in [-0.3, -0.25) is 9.79 Å². The van der Waals surface area contributed by atoms with Gasteiger partial charge in [-0.1, -0.05) is 35.5 Å². The maximum absolute atomic E-state index is 13.4. The predicted octanol–water partition coefficient (Wildman–Crippen LogP) is 4.69. The average molecular weight is 532 g/mol.